The van der Waals surface area contributed by atoms with Gasteiger partial charge in [0.05, 0.1) is 17.2 Å². The van der Waals surface area contributed by atoms with Crippen LogP contribution in [-0.4, -0.2) is 36.0 Å². The van der Waals surface area contributed by atoms with Gasteiger partial charge in [-0.05, 0) is 38.0 Å². The molecule has 0 spiro atoms. The van der Waals surface area contributed by atoms with Crippen LogP contribution >= 0.6 is 11.6 Å². The molecule has 1 amide bonds. The number of nitrogen functional groups attached to an aromatic ring is 1. The van der Waals surface area contributed by atoms with E-state index in [0.29, 0.717) is 22.9 Å². The summed E-state index contributed by atoms with van der Waals surface area (Å²) >= 11 is 6.05. The molecular weight excluding hydrogens is 280 g/mol. The highest BCUT2D eigenvalue weighted by Crippen LogP contribution is 2.30. The van der Waals surface area contributed by atoms with Gasteiger partial charge in [0.15, 0.2) is 0 Å². The van der Waals surface area contributed by atoms with Gasteiger partial charge in [-0.2, -0.15) is 0 Å². The van der Waals surface area contributed by atoms with Crippen molar-refractivity contribution in [3.8, 4) is 0 Å². The molecule has 1 saturated carbocycles. The van der Waals surface area contributed by atoms with Crippen molar-refractivity contribution in [3.63, 3.8) is 0 Å². The van der Waals surface area contributed by atoms with Crippen LogP contribution in [0.25, 0.3) is 0 Å². The molecule has 6 heteroatoms. The summed E-state index contributed by atoms with van der Waals surface area (Å²) < 4.78 is 4.90. The van der Waals surface area contributed by atoms with Crippen LogP contribution in [0.5, 0.6) is 0 Å². The van der Waals surface area contributed by atoms with Gasteiger partial charge < -0.3 is 15.4 Å². The van der Waals surface area contributed by atoms with Crippen LogP contribution in [0.2, 0.25) is 5.02 Å². The molecule has 0 aromatic heterocycles. The summed E-state index contributed by atoms with van der Waals surface area (Å²) in [6, 6.07) is 4.83. The zero-order valence-corrected chi connectivity index (χ0v) is 12.0. The molecule has 0 unspecified atom stereocenters. The Morgan fingerprint density at radius 3 is 2.70 bits per heavy atom. The smallest absolute Gasteiger partial charge is 0.325 e. The lowest BCUT2D eigenvalue weighted by Gasteiger charge is -2.22. The van der Waals surface area contributed by atoms with Gasteiger partial charge in [0, 0.05) is 11.7 Å². The standard InChI is InChI=1S/C14H17ClN2O3/c1-2-20-13(18)8-17(10-4-5-10)14(19)11-6-3-9(16)7-12(11)15/h3,6-7,10H,2,4-5,8,16H2,1H3. The van der Waals surface area contributed by atoms with E-state index in [2.05, 4.69) is 0 Å². The molecule has 1 aliphatic rings. The van der Waals surface area contributed by atoms with E-state index in [1.807, 2.05) is 0 Å². The Bertz CT molecular complexity index is 529. The van der Waals surface area contributed by atoms with Crippen molar-refractivity contribution < 1.29 is 14.3 Å². The maximum Gasteiger partial charge on any atom is 0.325 e. The van der Waals surface area contributed by atoms with Gasteiger partial charge in [0.1, 0.15) is 6.54 Å². The molecule has 108 valence electrons. The van der Waals surface area contributed by atoms with Crippen LogP contribution in [0.4, 0.5) is 5.69 Å². The van der Waals surface area contributed by atoms with Gasteiger partial charge in [0.2, 0.25) is 0 Å². The predicted octanol–water partition coefficient (Wildman–Crippen LogP) is 2.09. The Balaban J connectivity index is 2.16. The van der Waals surface area contributed by atoms with Crippen molar-refractivity contribution >= 4 is 29.2 Å². The van der Waals surface area contributed by atoms with Crippen molar-refractivity contribution in [2.45, 2.75) is 25.8 Å². The van der Waals surface area contributed by atoms with Gasteiger partial charge in [0.25, 0.3) is 5.91 Å². The molecule has 1 aromatic rings. The summed E-state index contributed by atoms with van der Waals surface area (Å²) in [5.74, 6) is -0.662. The molecule has 0 saturated heterocycles. The number of nitrogens with zero attached hydrogens (tertiary/aromatic N) is 1. The monoisotopic (exact) mass is 296 g/mol. The van der Waals surface area contributed by atoms with Gasteiger partial charge in [-0.15, -0.1) is 0 Å². The van der Waals surface area contributed by atoms with Crippen LogP contribution in [0.15, 0.2) is 18.2 Å². The molecular formula is C14H17ClN2O3. The number of anilines is 1. The first kappa shape index (κ1) is 14.7. The molecule has 1 fully saturated rings. The van der Waals surface area contributed by atoms with Crippen molar-refractivity contribution in [2.75, 3.05) is 18.9 Å². The number of nitrogens with two attached hydrogens (primary N) is 1. The minimum atomic E-state index is -0.403. The number of benzene rings is 1. The van der Waals surface area contributed by atoms with Crippen molar-refractivity contribution in [3.05, 3.63) is 28.8 Å². The Labute approximate surface area is 122 Å². The fraction of sp³-hybridized carbons (Fsp3) is 0.429. The number of carbonyl (C=O) groups is 2. The summed E-state index contributed by atoms with van der Waals surface area (Å²) in [4.78, 5) is 25.6. The maximum absolute atomic E-state index is 12.5. The maximum atomic E-state index is 12.5. The first-order valence-corrected chi connectivity index (χ1v) is 6.92. The summed E-state index contributed by atoms with van der Waals surface area (Å²) in [6.45, 7) is 1.99. The second kappa shape index (κ2) is 6.13. The Kier molecular flexibility index (Phi) is 4.49. The third kappa shape index (κ3) is 3.42. The first-order valence-electron chi connectivity index (χ1n) is 6.54. The van der Waals surface area contributed by atoms with E-state index in [1.165, 1.54) is 11.0 Å². The molecule has 1 aliphatic carbocycles. The van der Waals surface area contributed by atoms with Gasteiger partial charge >= 0.3 is 5.97 Å². The fourth-order valence-electron chi connectivity index (χ4n) is 1.96. The molecule has 5 nitrogen and oxygen atoms in total. The normalized spacial score (nSPS) is 13.9. The van der Waals surface area contributed by atoms with Gasteiger partial charge in [-0.1, -0.05) is 11.6 Å². The highest BCUT2D eigenvalue weighted by Gasteiger charge is 2.35. The van der Waals surface area contributed by atoms with Crippen molar-refractivity contribution in [2.24, 2.45) is 0 Å². The van der Waals surface area contributed by atoms with Crippen LogP contribution in [0, 0.1) is 0 Å². The second-order valence-corrected chi connectivity index (χ2v) is 5.12. The van der Waals surface area contributed by atoms with E-state index in [9.17, 15) is 9.59 Å². The molecule has 0 bridgehead atoms. The van der Waals surface area contributed by atoms with Gasteiger partial charge in [-0.3, -0.25) is 9.59 Å². The third-order valence-electron chi connectivity index (χ3n) is 3.08. The number of ether oxygens (including phenoxy) is 1. The SMILES string of the molecule is CCOC(=O)CN(C(=O)c1ccc(N)cc1Cl)C1CC1. The van der Waals surface area contributed by atoms with E-state index in [0.717, 1.165) is 12.8 Å². The Morgan fingerprint density at radius 1 is 1.45 bits per heavy atom. The number of esters is 1. The van der Waals surface area contributed by atoms with Crippen molar-refractivity contribution in [1.29, 1.82) is 0 Å². The largest absolute Gasteiger partial charge is 0.465 e. The zero-order chi connectivity index (χ0) is 14.7. The molecule has 1 aromatic carbocycles. The molecule has 0 heterocycles. The molecule has 2 N–H and O–H groups in total. The average molecular weight is 297 g/mol. The summed E-state index contributed by atoms with van der Waals surface area (Å²) in [5.41, 5.74) is 6.47. The van der Waals surface area contributed by atoms with Crippen molar-refractivity contribution in [1.82, 2.24) is 4.90 Å². The molecule has 0 atom stereocenters. The Hall–Kier alpha value is -1.75. The van der Waals surface area contributed by atoms with Crippen LogP contribution in [-0.2, 0) is 9.53 Å². The van der Waals surface area contributed by atoms with Crippen LogP contribution in [0.1, 0.15) is 30.1 Å². The number of halogens is 1. The number of hydrogen-bond donors (Lipinski definition) is 1. The third-order valence-corrected chi connectivity index (χ3v) is 3.39. The summed E-state index contributed by atoms with van der Waals surface area (Å²) in [5, 5.41) is 0.296. The lowest BCUT2D eigenvalue weighted by Crippen LogP contribution is -2.38. The topological polar surface area (TPSA) is 72.6 Å². The highest BCUT2D eigenvalue weighted by molar-refractivity contribution is 6.34. The van der Waals surface area contributed by atoms with E-state index < -0.39 is 5.97 Å². The molecule has 0 radical (unpaired) electrons. The predicted molar refractivity (Wildman–Crippen MR) is 76.6 cm³/mol. The molecule has 2 rings (SSSR count). The Morgan fingerprint density at radius 2 is 2.15 bits per heavy atom. The number of rotatable bonds is 5. The zero-order valence-electron chi connectivity index (χ0n) is 11.3. The van der Waals surface area contributed by atoms with E-state index >= 15 is 0 Å². The average Bonchev–Trinajstić information content (AvgIpc) is 3.20. The first-order chi connectivity index (χ1) is 9.52. The molecule has 0 aliphatic heterocycles. The summed E-state index contributed by atoms with van der Waals surface area (Å²) in [7, 11) is 0. The van der Waals surface area contributed by atoms with Crippen LogP contribution < -0.4 is 5.73 Å². The molecule has 20 heavy (non-hydrogen) atoms. The minimum absolute atomic E-state index is 0.0436. The fourth-order valence-corrected chi connectivity index (χ4v) is 2.23. The van der Waals surface area contributed by atoms with E-state index in [-0.39, 0.29) is 18.5 Å². The number of amides is 1. The highest BCUT2D eigenvalue weighted by atomic mass is 35.5. The van der Waals surface area contributed by atoms with Gasteiger partial charge in [-0.25, -0.2) is 0 Å². The quantitative estimate of drug-likeness (QED) is 0.667. The second-order valence-electron chi connectivity index (χ2n) is 4.71. The lowest BCUT2D eigenvalue weighted by atomic mass is 10.1. The number of hydrogen-bond acceptors (Lipinski definition) is 4. The summed E-state index contributed by atoms with van der Waals surface area (Å²) in [6.07, 6.45) is 1.80. The van der Waals surface area contributed by atoms with E-state index in [1.54, 1.807) is 19.1 Å². The lowest BCUT2D eigenvalue weighted by molar-refractivity contribution is -0.144. The van der Waals surface area contributed by atoms with E-state index in [4.69, 9.17) is 22.1 Å². The number of carbonyl (C=O) groups excluding carboxylic acids is 2. The van der Waals surface area contributed by atoms with Crippen LogP contribution in [0.3, 0.4) is 0 Å². The minimum Gasteiger partial charge on any atom is -0.465 e.